The molecule has 1 nitrogen and oxygen atoms in total. The number of hydrogen-bond acceptors (Lipinski definition) is 1. The van der Waals surface area contributed by atoms with Crippen LogP contribution >= 0.6 is 11.6 Å². The molecule has 0 spiro atoms. The van der Waals surface area contributed by atoms with Gasteiger partial charge >= 0.3 is 0 Å². The molecule has 1 unspecified atom stereocenters. The van der Waals surface area contributed by atoms with Crippen LogP contribution in [-0.4, -0.2) is 0 Å². The highest BCUT2D eigenvalue weighted by Gasteiger charge is 2.02. The molecule has 2 aromatic carbocycles. The molecule has 0 saturated heterocycles. The molecule has 2 heteroatoms. The number of anilines is 1. The van der Waals surface area contributed by atoms with Gasteiger partial charge in [-0.15, -0.1) is 0 Å². The van der Waals surface area contributed by atoms with Crippen molar-refractivity contribution in [2.75, 3.05) is 5.32 Å². The van der Waals surface area contributed by atoms with Crippen molar-refractivity contribution in [1.82, 2.24) is 0 Å². The van der Waals surface area contributed by atoms with Crippen LogP contribution in [0.3, 0.4) is 0 Å². The summed E-state index contributed by atoms with van der Waals surface area (Å²) in [6, 6.07) is 14.9. The largest absolute Gasteiger partial charge is 0.381 e. The fraction of sp³-hybridized carbons (Fsp3) is 0.333. The second-order valence-corrected chi connectivity index (χ2v) is 5.78. The van der Waals surface area contributed by atoms with Crippen molar-refractivity contribution in [2.45, 2.75) is 39.7 Å². The van der Waals surface area contributed by atoms with Crippen molar-refractivity contribution >= 4 is 17.3 Å². The quantitative estimate of drug-likeness (QED) is 0.735. The highest BCUT2D eigenvalue weighted by atomic mass is 35.5. The summed E-state index contributed by atoms with van der Waals surface area (Å²) in [4.78, 5) is 0. The summed E-state index contributed by atoms with van der Waals surface area (Å²) in [6.07, 6.45) is 1.18. The Hall–Kier alpha value is -1.47. The number of aryl methyl sites for hydroxylation is 1. The minimum Gasteiger partial charge on any atom is -0.381 e. The Morgan fingerprint density at radius 3 is 2.40 bits per heavy atom. The van der Waals surface area contributed by atoms with Crippen molar-refractivity contribution in [3.8, 4) is 0 Å². The van der Waals surface area contributed by atoms with E-state index in [2.05, 4.69) is 55.6 Å². The van der Waals surface area contributed by atoms with E-state index in [1.807, 2.05) is 13.0 Å². The first-order valence-electron chi connectivity index (χ1n) is 7.19. The van der Waals surface area contributed by atoms with E-state index in [-0.39, 0.29) is 0 Å². The van der Waals surface area contributed by atoms with Gasteiger partial charge in [0.15, 0.2) is 0 Å². The third-order valence-corrected chi connectivity index (χ3v) is 4.23. The van der Waals surface area contributed by atoms with Gasteiger partial charge in [0.2, 0.25) is 0 Å². The van der Waals surface area contributed by atoms with Gasteiger partial charge in [0.05, 0.1) is 0 Å². The molecule has 0 amide bonds. The highest BCUT2D eigenvalue weighted by Crippen LogP contribution is 2.21. The van der Waals surface area contributed by atoms with Crippen molar-refractivity contribution < 1.29 is 0 Å². The topological polar surface area (TPSA) is 12.0 Å². The van der Waals surface area contributed by atoms with E-state index >= 15 is 0 Å². The molecule has 0 fully saturated rings. The second-order valence-electron chi connectivity index (χ2n) is 5.37. The molecule has 20 heavy (non-hydrogen) atoms. The van der Waals surface area contributed by atoms with Gasteiger partial charge in [-0.1, -0.05) is 49.7 Å². The molecular formula is C18H22ClN. The van der Waals surface area contributed by atoms with E-state index in [1.54, 1.807) is 0 Å². The molecule has 0 aliphatic rings. The third-order valence-electron chi connectivity index (χ3n) is 3.82. The molecule has 0 aliphatic carbocycles. The fourth-order valence-corrected chi connectivity index (χ4v) is 2.32. The van der Waals surface area contributed by atoms with Crippen LogP contribution in [0.1, 0.15) is 42.9 Å². The standard InChI is InChI=1S/C18H22ClN/c1-4-13(2)16-7-9-17(10-8-16)20-12-15-6-5-14(3)18(19)11-15/h5-11,13,20H,4,12H2,1-3H3. The Labute approximate surface area is 127 Å². The normalized spacial score (nSPS) is 12.2. The molecule has 1 atom stereocenters. The predicted octanol–water partition coefficient (Wildman–Crippen LogP) is 5.77. The monoisotopic (exact) mass is 287 g/mol. The summed E-state index contributed by atoms with van der Waals surface area (Å²) in [6.45, 7) is 7.30. The van der Waals surface area contributed by atoms with E-state index in [9.17, 15) is 0 Å². The van der Waals surface area contributed by atoms with E-state index < -0.39 is 0 Å². The Balaban J connectivity index is 1.98. The van der Waals surface area contributed by atoms with Crippen molar-refractivity contribution in [1.29, 1.82) is 0 Å². The molecule has 1 N–H and O–H groups in total. The van der Waals surface area contributed by atoms with Crippen LogP contribution in [0.4, 0.5) is 5.69 Å². The summed E-state index contributed by atoms with van der Waals surface area (Å²) in [5.41, 5.74) is 4.87. The summed E-state index contributed by atoms with van der Waals surface area (Å²) < 4.78 is 0. The summed E-state index contributed by atoms with van der Waals surface area (Å²) in [7, 11) is 0. The zero-order chi connectivity index (χ0) is 14.5. The zero-order valence-corrected chi connectivity index (χ0v) is 13.2. The van der Waals surface area contributed by atoms with Crippen LogP contribution in [0.5, 0.6) is 0 Å². The van der Waals surface area contributed by atoms with E-state index in [4.69, 9.17) is 11.6 Å². The first-order chi connectivity index (χ1) is 9.60. The summed E-state index contributed by atoms with van der Waals surface area (Å²) in [5, 5.41) is 4.26. The smallest absolute Gasteiger partial charge is 0.0438 e. The van der Waals surface area contributed by atoms with Crippen molar-refractivity contribution in [3.05, 3.63) is 64.2 Å². The predicted molar refractivity (Wildman–Crippen MR) is 88.7 cm³/mol. The average molecular weight is 288 g/mol. The van der Waals surface area contributed by atoms with Gasteiger partial charge in [-0.3, -0.25) is 0 Å². The molecule has 0 radical (unpaired) electrons. The van der Waals surface area contributed by atoms with Crippen LogP contribution in [-0.2, 0) is 6.54 Å². The summed E-state index contributed by atoms with van der Waals surface area (Å²) in [5.74, 6) is 0.625. The van der Waals surface area contributed by atoms with Crippen molar-refractivity contribution in [2.24, 2.45) is 0 Å². The number of benzene rings is 2. The highest BCUT2D eigenvalue weighted by molar-refractivity contribution is 6.31. The Morgan fingerprint density at radius 2 is 1.80 bits per heavy atom. The first kappa shape index (κ1) is 14.9. The Morgan fingerprint density at radius 1 is 1.10 bits per heavy atom. The zero-order valence-electron chi connectivity index (χ0n) is 12.4. The van der Waals surface area contributed by atoms with Crippen LogP contribution in [0, 0.1) is 6.92 Å². The van der Waals surface area contributed by atoms with Gasteiger partial charge in [-0.05, 0) is 54.2 Å². The number of hydrogen-bond donors (Lipinski definition) is 1. The number of rotatable bonds is 5. The molecule has 0 heterocycles. The molecular weight excluding hydrogens is 266 g/mol. The van der Waals surface area contributed by atoms with E-state index in [1.165, 1.54) is 17.5 Å². The minimum atomic E-state index is 0.625. The van der Waals surface area contributed by atoms with Gasteiger partial charge in [0, 0.05) is 17.3 Å². The van der Waals surface area contributed by atoms with Gasteiger partial charge in [-0.2, -0.15) is 0 Å². The lowest BCUT2D eigenvalue weighted by Gasteiger charge is -2.11. The SMILES string of the molecule is CCC(C)c1ccc(NCc2ccc(C)c(Cl)c2)cc1. The average Bonchev–Trinajstić information content (AvgIpc) is 2.48. The van der Waals surface area contributed by atoms with Gasteiger partial charge < -0.3 is 5.32 Å². The molecule has 2 rings (SSSR count). The molecule has 0 aliphatic heterocycles. The lowest BCUT2D eigenvalue weighted by molar-refractivity contribution is 0.734. The minimum absolute atomic E-state index is 0.625. The third kappa shape index (κ3) is 3.77. The molecule has 0 aromatic heterocycles. The summed E-state index contributed by atoms with van der Waals surface area (Å²) >= 11 is 6.14. The Bertz CT molecular complexity index is 560. The van der Waals surface area contributed by atoms with Crippen LogP contribution in [0.15, 0.2) is 42.5 Å². The van der Waals surface area contributed by atoms with Crippen LogP contribution in [0.25, 0.3) is 0 Å². The number of halogens is 1. The van der Waals surface area contributed by atoms with E-state index in [0.29, 0.717) is 5.92 Å². The van der Waals surface area contributed by atoms with Crippen molar-refractivity contribution in [3.63, 3.8) is 0 Å². The maximum atomic E-state index is 6.14. The lowest BCUT2D eigenvalue weighted by Crippen LogP contribution is -2.00. The second kappa shape index (κ2) is 6.81. The van der Waals surface area contributed by atoms with Gasteiger partial charge in [0.1, 0.15) is 0 Å². The first-order valence-corrected chi connectivity index (χ1v) is 7.56. The maximum Gasteiger partial charge on any atom is 0.0438 e. The van der Waals surface area contributed by atoms with Gasteiger partial charge in [-0.25, -0.2) is 0 Å². The fourth-order valence-electron chi connectivity index (χ4n) is 2.12. The van der Waals surface area contributed by atoms with E-state index in [0.717, 1.165) is 22.8 Å². The van der Waals surface area contributed by atoms with Gasteiger partial charge in [0.25, 0.3) is 0 Å². The lowest BCUT2D eigenvalue weighted by atomic mass is 9.98. The maximum absolute atomic E-state index is 6.14. The Kier molecular flexibility index (Phi) is 5.08. The number of nitrogens with one attached hydrogen (secondary N) is 1. The molecule has 2 aromatic rings. The molecule has 0 bridgehead atoms. The molecule has 0 saturated carbocycles. The molecule has 106 valence electrons. The van der Waals surface area contributed by atoms with Crippen LogP contribution in [0.2, 0.25) is 5.02 Å². The van der Waals surface area contributed by atoms with Crippen LogP contribution < -0.4 is 5.32 Å².